The van der Waals surface area contributed by atoms with E-state index in [0.29, 0.717) is 6.04 Å². The zero-order chi connectivity index (χ0) is 9.97. The first-order chi connectivity index (χ1) is 6.77. The average molecular weight is 197 g/mol. The second-order valence-electron chi connectivity index (χ2n) is 5.14. The van der Waals surface area contributed by atoms with Crippen LogP contribution < -0.4 is 5.32 Å². The fourth-order valence-electron chi connectivity index (χ4n) is 2.32. The van der Waals surface area contributed by atoms with Crippen molar-refractivity contribution in [2.24, 2.45) is 17.8 Å². The molecule has 2 heteroatoms. The van der Waals surface area contributed by atoms with E-state index in [2.05, 4.69) is 19.2 Å². The van der Waals surface area contributed by atoms with Crippen molar-refractivity contribution in [2.75, 3.05) is 19.8 Å². The van der Waals surface area contributed by atoms with E-state index in [0.717, 1.165) is 31.0 Å². The molecule has 2 rings (SSSR count). The molecule has 1 saturated heterocycles. The molecule has 0 aromatic rings. The molecule has 0 spiro atoms. The van der Waals surface area contributed by atoms with Crippen molar-refractivity contribution in [2.45, 2.75) is 39.2 Å². The maximum atomic E-state index is 5.40. The first kappa shape index (κ1) is 10.4. The minimum Gasteiger partial charge on any atom is -0.381 e. The van der Waals surface area contributed by atoms with Crippen LogP contribution in [0.2, 0.25) is 0 Å². The predicted octanol–water partition coefficient (Wildman–Crippen LogP) is 2.05. The topological polar surface area (TPSA) is 21.3 Å². The number of hydrogen-bond acceptors (Lipinski definition) is 2. The molecule has 0 aromatic heterocycles. The van der Waals surface area contributed by atoms with Gasteiger partial charge >= 0.3 is 0 Å². The van der Waals surface area contributed by atoms with Gasteiger partial charge in [0.2, 0.25) is 0 Å². The predicted molar refractivity (Wildman–Crippen MR) is 58.3 cm³/mol. The van der Waals surface area contributed by atoms with Crippen LogP contribution in [0.5, 0.6) is 0 Å². The van der Waals surface area contributed by atoms with Gasteiger partial charge in [-0.25, -0.2) is 0 Å². The summed E-state index contributed by atoms with van der Waals surface area (Å²) in [6.45, 7) is 7.81. The van der Waals surface area contributed by atoms with Crippen LogP contribution in [0, 0.1) is 17.8 Å². The van der Waals surface area contributed by atoms with Gasteiger partial charge < -0.3 is 10.1 Å². The second kappa shape index (κ2) is 4.63. The molecule has 1 saturated carbocycles. The van der Waals surface area contributed by atoms with Gasteiger partial charge in [0, 0.05) is 12.6 Å². The Labute approximate surface area is 87.4 Å². The minimum absolute atomic E-state index is 0.638. The summed E-state index contributed by atoms with van der Waals surface area (Å²) < 4.78 is 5.40. The summed E-state index contributed by atoms with van der Waals surface area (Å²) in [5.74, 6) is 2.65. The van der Waals surface area contributed by atoms with Gasteiger partial charge in [-0.1, -0.05) is 6.92 Å². The fraction of sp³-hybridized carbons (Fsp3) is 1.00. The Hall–Kier alpha value is -0.0800. The number of ether oxygens (including phenoxy) is 1. The van der Waals surface area contributed by atoms with Gasteiger partial charge in [-0.3, -0.25) is 0 Å². The molecule has 3 atom stereocenters. The fourth-order valence-corrected chi connectivity index (χ4v) is 2.32. The molecule has 2 fully saturated rings. The van der Waals surface area contributed by atoms with E-state index in [-0.39, 0.29) is 0 Å². The van der Waals surface area contributed by atoms with Crippen LogP contribution in [-0.4, -0.2) is 25.8 Å². The van der Waals surface area contributed by atoms with Crippen molar-refractivity contribution < 1.29 is 4.74 Å². The first-order valence-electron chi connectivity index (χ1n) is 6.08. The van der Waals surface area contributed by atoms with E-state index >= 15 is 0 Å². The van der Waals surface area contributed by atoms with Gasteiger partial charge in [0.15, 0.2) is 0 Å². The Kier molecular flexibility index (Phi) is 3.45. The largest absolute Gasteiger partial charge is 0.381 e. The zero-order valence-corrected chi connectivity index (χ0v) is 9.46. The van der Waals surface area contributed by atoms with Crippen LogP contribution in [0.3, 0.4) is 0 Å². The van der Waals surface area contributed by atoms with Gasteiger partial charge in [-0.15, -0.1) is 0 Å². The van der Waals surface area contributed by atoms with Gasteiger partial charge in [-0.2, -0.15) is 0 Å². The molecule has 0 aromatic carbocycles. The molecule has 2 nitrogen and oxygen atoms in total. The lowest BCUT2D eigenvalue weighted by molar-refractivity contribution is 0.177. The molecule has 0 bridgehead atoms. The van der Waals surface area contributed by atoms with Crippen LogP contribution in [-0.2, 0) is 4.74 Å². The summed E-state index contributed by atoms with van der Waals surface area (Å²) in [5.41, 5.74) is 0. The smallest absolute Gasteiger partial charge is 0.0509 e. The lowest BCUT2D eigenvalue weighted by Gasteiger charge is -2.21. The first-order valence-corrected chi connectivity index (χ1v) is 6.08. The Bertz CT molecular complexity index is 173. The van der Waals surface area contributed by atoms with E-state index < -0.39 is 0 Å². The maximum Gasteiger partial charge on any atom is 0.0509 e. The Balaban J connectivity index is 1.63. The van der Waals surface area contributed by atoms with E-state index in [9.17, 15) is 0 Å². The third kappa shape index (κ3) is 2.71. The van der Waals surface area contributed by atoms with Crippen molar-refractivity contribution in [3.63, 3.8) is 0 Å². The molecule has 1 aliphatic heterocycles. The summed E-state index contributed by atoms with van der Waals surface area (Å²) in [4.78, 5) is 0. The molecular weight excluding hydrogens is 174 g/mol. The molecule has 3 unspecified atom stereocenters. The Morgan fingerprint density at radius 3 is 2.57 bits per heavy atom. The van der Waals surface area contributed by atoms with Crippen LogP contribution in [0.25, 0.3) is 0 Å². The molecule has 1 aliphatic carbocycles. The standard InChI is InChI=1S/C12H23NO/c1-9(11-3-4-11)7-13-10(2)12-5-6-14-8-12/h9-13H,3-8H2,1-2H3. The lowest BCUT2D eigenvalue weighted by Crippen LogP contribution is -2.36. The van der Waals surface area contributed by atoms with Crippen LogP contribution in [0.15, 0.2) is 0 Å². The average Bonchev–Trinajstić information content (AvgIpc) is 2.90. The highest BCUT2D eigenvalue weighted by Gasteiger charge is 2.28. The van der Waals surface area contributed by atoms with Crippen molar-refractivity contribution in [1.29, 1.82) is 0 Å². The lowest BCUT2D eigenvalue weighted by atomic mass is 9.99. The third-order valence-electron chi connectivity index (χ3n) is 3.86. The molecular formula is C12H23NO. The third-order valence-corrected chi connectivity index (χ3v) is 3.86. The number of nitrogens with one attached hydrogen (secondary N) is 1. The van der Waals surface area contributed by atoms with Crippen LogP contribution in [0.4, 0.5) is 0 Å². The van der Waals surface area contributed by atoms with Crippen molar-refractivity contribution in [3.05, 3.63) is 0 Å². The van der Waals surface area contributed by atoms with E-state index in [1.807, 2.05) is 0 Å². The number of rotatable bonds is 5. The summed E-state index contributed by atoms with van der Waals surface area (Å²) in [5, 5.41) is 3.67. The Morgan fingerprint density at radius 1 is 1.21 bits per heavy atom. The molecule has 82 valence electrons. The monoisotopic (exact) mass is 197 g/mol. The maximum absolute atomic E-state index is 5.40. The van der Waals surface area contributed by atoms with Gasteiger partial charge in [0.05, 0.1) is 6.61 Å². The number of hydrogen-bond donors (Lipinski definition) is 1. The van der Waals surface area contributed by atoms with Gasteiger partial charge in [0.1, 0.15) is 0 Å². The van der Waals surface area contributed by atoms with Crippen LogP contribution >= 0.6 is 0 Å². The molecule has 14 heavy (non-hydrogen) atoms. The molecule has 0 amide bonds. The highest BCUT2D eigenvalue weighted by molar-refractivity contribution is 4.82. The normalized spacial score (nSPS) is 31.7. The van der Waals surface area contributed by atoms with Gasteiger partial charge in [0.25, 0.3) is 0 Å². The highest BCUT2D eigenvalue weighted by atomic mass is 16.5. The quantitative estimate of drug-likeness (QED) is 0.728. The molecule has 2 aliphatic rings. The minimum atomic E-state index is 0.638. The molecule has 1 heterocycles. The highest BCUT2D eigenvalue weighted by Crippen LogP contribution is 2.36. The summed E-state index contributed by atoms with van der Waals surface area (Å²) in [6, 6.07) is 0.638. The van der Waals surface area contributed by atoms with Crippen LogP contribution in [0.1, 0.15) is 33.1 Å². The molecule has 1 N–H and O–H groups in total. The van der Waals surface area contributed by atoms with E-state index in [4.69, 9.17) is 4.74 Å². The van der Waals surface area contributed by atoms with Crippen molar-refractivity contribution in [1.82, 2.24) is 5.32 Å². The van der Waals surface area contributed by atoms with Gasteiger partial charge in [-0.05, 0) is 50.5 Å². The van der Waals surface area contributed by atoms with Crippen molar-refractivity contribution in [3.8, 4) is 0 Å². The summed E-state index contributed by atoms with van der Waals surface area (Å²) in [6.07, 6.45) is 4.17. The van der Waals surface area contributed by atoms with E-state index in [1.54, 1.807) is 0 Å². The summed E-state index contributed by atoms with van der Waals surface area (Å²) >= 11 is 0. The second-order valence-corrected chi connectivity index (χ2v) is 5.14. The molecule has 0 radical (unpaired) electrons. The summed E-state index contributed by atoms with van der Waals surface area (Å²) in [7, 11) is 0. The van der Waals surface area contributed by atoms with Crippen molar-refractivity contribution >= 4 is 0 Å². The SMILES string of the molecule is CC(CNC(C)C1CCOC1)C1CC1. The Morgan fingerprint density at radius 2 is 2.00 bits per heavy atom. The van der Waals surface area contributed by atoms with E-state index in [1.165, 1.54) is 25.8 Å². The zero-order valence-electron chi connectivity index (χ0n) is 9.46.